The molecule has 2 N–H and O–H groups in total. The Kier molecular flexibility index (Phi) is 3.01. The maximum Gasteiger partial charge on any atom is 0.122 e. The number of hydrogen-bond donors (Lipinski definition) is 2. The highest BCUT2D eigenvalue weighted by molar-refractivity contribution is 5.35. The summed E-state index contributed by atoms with van der Waals surface area (Å²) in [7, 11) is 0. The van der Waals surface area contributed by atoms with Gasteiger partial charge in [0, 0.05) is 12.6 Å². The zero-order chi connectivity index (χ0) is 9.80. The summed E-state index contributed by atoms with van der Waals surface area (Å²) in [6.07, 6.45) is 0.982. The highest BCUT2D eigenvalue weighted by Crippen LogP contribution is 2.23. The van der Waals surface area contributed by atoms with Crippen LogP contribution in [0.3, 0.4) is 0 Å². The van der Waals surface area contributed by atoms with Crippen LogP contribution in [0.2, 0.25) is 0 Å². The van der Waals surface area contributed by atoms with Crippen molar-refractivity contribution >= 4 is 0 Å². The molecule has 14 heavy (non-hydrogen) atoms. The van der Waals surface area contributed by atoms with Crippen LogP contribution in [0.5, 0.6) is 5.75 Å². The van der Waals surface area contributed by atoms with Gasteiger partial charge in [0.15, 0.2) is 0 Å². The lowest BCUT2D eigenvalue weighted by atomic mass is 10.0. The molecule has 1 heterocycles. The molecule has 0 saturated heterocycles. The number of aliphatic hydroxyl groups is 1. The third kappa shape index (κ3) is 2.05. The molecule has 2 rings (SSSR count). The van der Waals surface area contributed by atoms with Crippen LogP contribution in [0.15, 0.2) is 24.3 Å². The van der Waals surface area contributed by atoms with Crippen molar-refractivity contribution in [1.82, 2.24) is 5.32 Å². The fourth-order valence-electron chi connectivity index (χ4n) is 1.73. The SMILES string of the molecule is OCCN[C@@H]1COc2ccccc2C1. The van der Waals surface area contributed by atoms with Crippen molar-refractivity contribution in [1.29, 1.82) is 0 Å². The Bertz CT molecular complexity index is 301. The minimum Gasteiger partial charge on any atom is -0.492 e. The van der Waals surface area contributed by atoms with Gasteiger partial charge in [-0.15, -0.1) is 0 Å². The Morgan fingerprint density at radius 1 is 1.43 bits per heavy atom. The molecule has 3 nitrogen and oxygen atoms in total. The van der Waals surface area contributed by atoms with Gasteiger partial charge in [0.1, 0.15) is 12.4 Å². The third-order valence-corrected chi connectivity index (χ3v) is 2.42. The van der Waals surface area contributed by atoms with Gasteiger partial charge in [0.2, 0.25) is 0 Å². The van der Waals surface area contributed by atoms with Gasteiger partial charge in [-0.05, 0) is 18.1 Å². The third-order valence-electron chi connectivity index (χ3n) is 2.42. The second-order valence-electron chi connectivity index (χ2n) is 3.50. The van der Waals surface area contributed by atoms with E-state index in [2.05, 4.69) is 11.4 Å². The lowest BCUT2D eigenvalue weighted by Crippen LogP contribution is -2.40. The first-order chi connectivity index (χ1) is 6.90. The van der Waals surface area contributed by atoms with Crippen molar-refractivity contribution in [2.24, 2.45) is 0 Å². The Balaban J connectivity index is 1.99. The molecule has 0 unspecified atom stereocenters. The Hall–Kier alpha value is -1.06. The van der Waals surface area contributed by atoms with Crippen LogP contribution in [0.1, 0.15) is 5.56 Å². The van der Waals surface area contributed by atoms with Crippen molar-refractivity contribution in [3.63, 3.8) is 0 Å². The van der Waals surface area contributed by atoms with Gasteiger partial charge in [-0.25, -0.2) is 0 Å². The minimum atomic E-state index is 0.179. The summed E-state index contributed by atoms with van der Waals surface area (Å²) >= 11 is 0. The molecule has 1 aliphatic rings. The van der Waals surface area contributed by atoms with Crippen molar-refractivity contribution in [2.75, 3.05) is 19.8 Å². The van der Waals surface area contributed by atoms with E-state index in [0.29, 0.717) is 19.2 Å². The molecular formula is C11H15NO2. The quantitative estimate of drug-likeness (QED) is 0.737. The van der Waals surface area contributed by atoms with Gasteiger partial charge in [-0.1, -0.05) is 18.2 Å². The second-order valence-corrected chi connectivity index (χ2v) is 3.50. The number of hydrogen-bond acceptors (Lipinski definition) is 3. The highest BCUT2D eigenvalue weighted by Gasteiger charge is 2.18. The summed E-state index contributed by atoms with van der Waals surface area (Å²) in [6.45, 7) is 1.51. The Morgan fingerprint density at radius 2 is 2.29 bits per heavy atom. The average molecular weight is 193 g/mol. The predicted molar refractivity (Wildman–Crippen MR) is 54.5 cm³/mol. The molecule has 1 atom stereocenters. The number of ether oxygens (including phenoxy) is 1. The number of para-hydroxylation sites is 1. The van der Waals surface area contributed by atoms with Gasteiger partial charge in [0.25, 0.3) is 0 Å². The van der Waals surface area contributed by atoms with Gasteiger partial charge >= 0.3 is 0 Å². The molecule has 0 radical (unpaired) electrons. The fourth-order valence-corrected chi connectivity index (χ4v) is 1.73. The van der Waals surface area contributed by atoms with Gasteiger partial charge in [0.05, 0.1) is 6.61 Å². The van der Waals surface area contributed by atoms with E-state index in [1.54, 1.807) is 0 Å². The minimum absolute atomic E-state index is 0.179. The summed E-state index contributed by atoms with van der Waals surface area (Å²) < 4.78 is 5.59. The van der Waals surface area contributed by atoms with Crippen LogP contribution in [-0.2, 0) is 6.42 Å². The standard InChI is InChI=1S/C11H15NO2/c13-6-5-12-10-7-9-3-1-2-4-11(9)14-8-10/h1-4,10,12-13H,5-8H2/t10-/m0/s1. The van der Waals surface area contributed by atoms with E-state index in [1.165, 1.54) is 5.56 Å². The van der Waals surface area contributed by atoms with Gasteiger partial charge in [-0.3, -0.25) is 0 Å². The summed E-state index contributed by atoms with van der Waals surface area (Å²) in [5, 5.41) is 11.9. The van der Waals surface area contributed by atoms with Crippen LogP contribution in [0.25, 0.3) is 0 Å². The lowest BCUT2D eigenvalue weighted by molar-refractivity contribution is 0.222. The smallest absolute Gasteiger partial charge is 0.122 e. The van der Waals surface area contributed by atoms with Crippen LogP contribution < -0.4 is 10.1 Å². The maximum atomic E-state index is 8.69. The first-order valence-corrected chi connectivity index (χ1v) is 4.95. The zero-order valence-electron chi connectivity index (χ0n) is 8.07. The van der Waals surface area contributed by atoms with E-state index in [9.17, 15) is 0 Å². The van der Waals surface area contributed by atoms with Crippen LogP contribution in [0, 0.1) is 0 Å². The molecule has 0 saturated carbocycles. The number of nitrogens with one attached hydrogen (secondary N) is 1. The largest absolute Gasteiger partial charge is 0.492 e. The summed E-state index contributed by atoms with van der Waals surface area (Å²) in [5.74, 6) is 0.995. The first-order valence-electron chi connectivity index (χ1n) is 4.95. The average Bonchev–Trinajstić information content (AvgIpc) is 2.26. The van der Waals surface area contributed by atoms with E-state index in [1.807, 2.05) is 18.2 Å². The molecule has 1 aromatic rings. The normalized spacial score (nSPS) is 19.9. The van der Waals surface area contributed by atoms with Crippen molar-refractivity contribution < 1.29 is 9.84 Å². The molecular weight excluding hydrogens is 178 g/mol. The molecule has 0 bridgehead atoms. The number of aliphatic hydroxyl groups excluding tert-OH is 1. The van der Waals surface area contributed by atoms with Crippen LogP contribution in [-0.4, -0.2) is 30.9 Å². The van der Waals surface area contributed by atoms with E-state index >= 15 is 0 Å². The van der Waals surface area contributed by atoms with Crippen molar-refractivity contribution in [3.8, 4) is 5.75 Å². The molecule has 0 spiro atoms. The molecule has 0 fully saturated rings. The first kappa shape index (κ1) is 9.49. The molecule has 0 aliphatic carbocycles. The van der Waals surface area contributed by atoms with Crippen LogP contribution >= 0.6 is 0 Å². The van der Waals surface area contributed by atoms with Crippen molar-refractivity contribution in [2.45, 2.75) is 12.5 Å². The Morgan fingerprint density at radius 3 is 3.14 bits per heavy atom. The lowest BCUT2D eigenvalue weighted by Gasteiger charge is -2.25. The van der Waals surface area contributed by atoms with Crippen LogP contribution in [0.4, 0.5) is 0 Å². The monoisotopic (exact) mass is 193 g/mol. The predicted octanol–water partition coefficient (Wildman–Crippen LogP) is 0.572. The van der Waals surface area contributed by atoms with Gasteiger partial charge < -0.3 is 15.2 Å². The molecule has 1 aromatic carbocycles. The molecule has 76 valence electrons. The maximum absolute atomic E-state index is 8.69. The highest BCUT2D eigenvalue weighted by atomic mass is 16.5. The van der Waals surface area contributed by atoms with Crippen molar-refractivity contribution in [3.05, 3.63) is 29.8 Å². The van der Waals surface area contributed by atoms with E-state index < -0.39 is 0 Å². The second kappa shape index (κ2) is 4.44. The number of benzene rings is 1. The molecule has 3 heteroatoms. The van der Waals surface area contributed by atoms with E-state index in [0.717, 1.165) is 12.2 Å². The topological polar surface area (TPSA) is 41.5 Å². The summed E-state index contributed by atoms with van der Waals surface area (Å²) in [5.41, 5.74) is 1.24. The molecule has 0 amide bonds. The van der Waals surface area contributed by atoms with E-state index in [4.69, 9.17) is 9.84 Å². The zero-order valence-corrected chi connectivity index (χ0v) is 8.07. The molecule has 0 aromatic heterocycles. The Labute approximate surface area is 83.7 Å². The summed E-state index contributed by atoms with van der Waals surface area (Å²) in [4.78, 5) is 0. The molecule has 1 aliphatic heterocycles. The fraction of sp³-hybridized carbons (Fsp3) is 0.455. The summed E-state index contributed by atoms with van der Waals surface area (Å²) in [6, 6.07) is 8.42. The van der Waals surface area contributed by atoms with E-state index in [-0.39, 0.29) is 6.61 Å². The number of rotatable bonds is 3. The van der Waals surface area contributed by atoms with Gasteiger partial charge in [-0.2, -0.15) is 0 Å². The number of fused-ring (bicyclic) bond motifs is 1.